The summed E-state index contributed by atoms with van der Waals surface area (Å²) < 4.78 is 6.67. The largest absolute Gasteiger partial charge is 0.441 e. The normalized spacial score (nSPS) is 10.7. The van der Waals surface area contributed by atoms with Gasteiger partial charge in [-0.05, 0) is 40.8 Å². The molecular weight excluding hydrogens is 360 g/mol. The van der Waals surface area contributed by atoms with Gasteiger partial charge >= 0.3 is 0 Å². The molecule has 0 N–H and O–H groups in total. The number of hydrogen-bond acceptors (Lipinski definition) is 2. The highest BCUT2D eigenvalue weighted by atomic mass is 127. The molecule has 0 atom stereocenters. The summed E-state index contributed by atoms with van der Waals surface area (Å²) in [6, 6.07) is 5.67. The molecule has 0 aliphatic heterocycles. The number of alkyl halides is 1. The highest BCUT2D eigenvalue weighted by Gasteiger charge is 2.09. The van der Waals surface area contributed by atoms with Crippen molar-refractivity contribution in [1.82, 2.24) is 4.98 Å². The molecule has 0 spiro atoms. The Morgan fingerprint density at radius 1 is 1.38 bits per heavy atom. The summed E-state index contributed by atoms with van der Waals surface area (Å²) in [6.07, 6.45) is 2.34. The van der Waals surface area contributed by atoms with E-state index in [0.29, 0.717) is 23.2 Å². The SMILES string of the molecule is ClCCc1ncc(-c2cc(Cl)ccc2I)o1. The first kappa shape index (κ1) is 12.2. The fraction of sp³-hybridized carbons (Fsp3) is 0.182. The lowest BCUT2D eigenvalue weighted by Crippen LogP contribution is -1.83. The number of hydrogen-bond donors (Lipinski definition) is 0. The molecule has 2 nitrogen and oxygen atoms in total. The number of nitrogens with zero attached hydrogens (tertiary/aromatic N) is 1. The molecule has 0 saturated carbocycles. The van der Waals surface area contributed by atoms with E-state index in [2.05, 4.69) is 27.6 Å². The lowest BCUT2D eigenvalue weighted by Gasteiger charge is -2.00. The van der Waals surface area contributed by atoms with Gasteiger partial charge in [0, 0.05) is 26.5 Å². The molecule has 5 heteroatoms. The van der Waals surface area contributed by atoms with Gasteiger partial charge in [-0.3, -0.25) is 0 Å². The van der Waals surface area contributed by atoms with Crippen LogP contribution in [-0.4, -0.2) is 10.9 Å². The second-order valence-electron chi connectivity index (χ2n) is 3.18. The molecule has 0 amide bonds. The second-order valence-corrected chi connectivity index (χ2v) is 5.16. The first-order valence-corrected chi connectivity index (χ1v) is 6.66. The molecule has 1 aromatic heterocycles. The van der Waals surface area contributed by atoms with Crippen LogP contribution in [0.3, 0.4) is 0 Å². The Morgan fingerprint density at radius 2 is 2.19 bits per heavy atom. The lowest BCUT2D eigenvalue weighted by molar-refractivity contribution is 0.514. The predicted octanol–water partition coefficient (Wildman–Crippen LogP) is 4.38. The van der Waals surface area contributed by atoms with Crippen molar-refractivity contribution < 1.29 is 4.42 Å². The fourth-order valence-corrected chi connectivity index (χ4v) is 2.25. The number of halogens is 3. The minimum absolute atomic E-state index is 0.507. The predicted molar refractivity (Wildman–Crippen MR) is 74.1 cm³/mol. The van der Waals surface area contributed by atoms with E-state index in [1.807, 2.05) is 18.2 Å². The van der Waals surface area contributed by atoms with Crippen LogP contribution in [-0.2, 0) is 6.42 Å². The zero-order chi connectivity index (χ0) is 11.5. The molecule has 0 unspecified atom stereocenters. The Bertz CT molecular complexity index is 498. The molecule has 0 bridgehead atoms. The maximum Gasteiger partial charge on any atom is 0.196 e. The van der Waals surface area contributed by atoms with Gasteiger partial charge < -0.3 is 4.42 Å². The Labute approximate surface area is 117 Å². The zero-order valence-electron chi connectivity index (χ0n) is 8.21. The maximum absolute atomic E-state index is 5.95. The number of benzene rings is 1. The molecule has 16 heavy (non-hydrogen) atoms. The highest BCUT2D eigenvalue weighted by Crippen LogP contribution is 2.28. The molecule has 2 rings (SSSR count). The first-order valence-electron chi connectivity index (χ1n) is 4.67. The van der Waals surface area contributed by atoms with E-state index in [4.69, 9.17) is 27.6 Å². The van der Waals surface area contributed by atoms with E-state index in [1.54, 1.807) is 6.20 Å². The van der Waals surface area contributed by atoms with Crippen LogP contribution in [0.15, 0.2) is 28.8 Å². The van der Waals surface area contributed by atoms with Gasteiger partial charge in [-0.1, -0.05) is 11.6 Å². The molecule has 2 aromatic rings. The lowest BCUT2D eigenvalue weighted by atomic mass is 10.2. The molecule has 1 aromatic carbocycles. The van der Waals surface area contributed by atoms with Crippen molar-refractivity contribution in [1.29, 1.82) is 0 Å². The molecule has 84 valence electrons. The zero-order valence-corrected chi connectivity index (χ0v) is 11.9. The van der Waals surface area contributed by atoms with Crippen molar-refractivity contribution >= 4 is 45.8 Å². The van der Waals surface area contributed by atoms with Crippen LogP contribution in [0.5, 0.6) is 0 Å². The maximum atomic E-state index is 5.95. The molecule has 1 heterocycles. The third-order valence-electron chi connectivity index (χ3n) is 2.06. The summed E-state index contributed by atoms with van der Waals surface area (Å²) in [5.74, 6) is 1.89. The number of aromatic nitrogens is 1. The van der Waals surface area contributed by atoms with Gasteiger partial charge in [-0.25, -0.2) is 4.98 Å². The Kier molecular flexibility index (Phi) is 4.10. The van der Waals surface area contributed by atoms with Crippen LogP contribution in [0.25, 0.3) is 11.3 Å². The molecule has 0 aliphatic rings. The van der Waals surface area contributed by atoms with Crippen molar-refractivity contribution in [2.45, 2.75) is 6.42 Å². The van der Waals surface area contributed by atoms with E-state index < -0.39 is 0 Å². The average molecular weight is 368 g/mol. The van der Waals surface area contributed by atoms with E-state index in [9.17, 15) is 0 Å². The number of rotatable bonds is 3. The van der Waals surface area contributed by atoms with Crippen LogP contribution >= 0.6 is 45.8 Å². The monoisotopic (exact) mass is 367 g/mol. The summed E-state index contributed by atoms with van der Waals surface area (Å²) in [6.45, 7) is 0. The smallest absolute Gasteiger partial charge is 0.196 e. The van der Waals surface area contributed by atoms with Crippen LogP contribution in [0.2, 0.25) is 5.02 Å². The van der Waals surface area contributed by atoms with E-state index in [-0.39, 0.29) is 0 Å². The van der Waals surface area contributed by atoms with Crippen LogP contribution in [0.4, 0.5) is 0 Å². The summed E-state index contributed by atoms with van der Waals surface area (Å²) >= 11 is 13.8. The molecule has 0 aliphatic carbocycles. The number of aryl methyl sites for hydroxylation is 1. The summed E-state index contributed by atoms with van der Waals surface area (Å²) in [7, 11) is 0. The van der Waals surface area contributed by atoms with Crippen molar-refractivity contribution in [2.24, 2.45) is 0 Å². The van der Waals surface area contributed by atoms with E-state index in [0.717, 1.165) is 14.9 Å². The van der Waals surface area contributed by atoms with Gasteiger partial charge in [-0.2, -0.15) is 0 Å². The van der Waals surface area contributed by atoms with Gasteiger partial charge in [0.25, 0.3) is 0 Å². The second kappa shape index (κ2) is 5.38. The minimum Gasteiger partial charge on any atom is -0.441 e. The summed E-state index contributed by atoms with van der Waals surface area (Å²) in [5, 5.41) is 0.686. The average Bonchev–Trinajstić information content (AvgIpc) is 2.71. The molecule has 0 radical (unpaired) electrons. The highest BCUT2D eigenvalue weighted by molar-refractivity contribution is 14.1. The topological polar surface area (TPSA) is 26.0 Å². The van der Waals surface area contributed by atoms with E-state index in [1.165, 1.54) is 0 Å². The van der Waals surface area contributed by atoms with Crippen molar-refractivity contribution in [3.63, 3.8) is 0 Å². The quantitative estimate of drug-likeness (QED) is 0.594. The Morgan fingerprint density at radius 3 is 2.94 bits per heavy atom. The van der Waals surface area contributed by atoms with Crippen molar-refractivity contribution in [2.75, 3.05) is 5.88 Å². The fourth-order valence-electron chi connectivity index (χ4n) is 1.32. The van der Waals surface area contributed by atoms with Crippen LogP contribution in [0, 0.1) is 3.57 Å². The van der Waals surface area contributed by atoms with Crippen LogP contribution in [0.1, 0.15) is 5.89 Å². The molecule has 0 fully saturated rings. The van der Waals surface area contributed by atoms with Gasteiger partial charge in [0.05, 0.1) is 6.20 Å². The van der Waals surface area contributed by atoms with Crippen molar-refractivity contribution in [3.05, 3.63) is 38.9 Å². The van der Waals surface area contributed by atoms with Gasteiger partial charge in [-0.15, -0.1) is 11.6 Å². The third kappa shape index (κ3) is 2.70. The molecular formula is C11H8Cl2INO. The first-order chi connectivity index (χ1) is 7.70. The summed E-state index contributed by atoms with van der Waals surface area (Å²) in [4.78, 5) is 4.16. The van der Waals surface area contributed by atoms with Gasteiger partial charge in [0.2, 0.25) is 0 Å². The van der Waals surface area contributed by atoms with Gasteiger partial charge in [0.1, 0.15) is 0 Å². The van der Waals surface area contributed by atoms with Crippen molar-refractivity contribution in [3.8, 4) is 11.3 Å². The Balaban J connectivity index is 2.38. The third-order valence-corrected chi connectivity index (χ3v) is 3.42. The molecule has 0 saturated heterocycles. The Hall–Kier alpha value is -0.260. The standard InChI is InChI=1S/C11H8Cl2INO/c12-4-3-11-15-6-10(16-11)8-5-7(13)1-2-9(8)14/h1-2,5-6H,3-4H2. The summed E-state index contributed by atoms with van der Waals surface area (Å²) in [5.41, 5.74) is 0.960. The van der Waals surface area contributed by atoms with Crippen LogP contribution < -0.4 is 0 Å². The van der Waals surface area contributed by atoms with E-state index >= 15 is 0 Å². The van der Waals surface area contributed by atoms with Gasteiger partial charge in [0.15, 0.2) is 11.7 Å². The number of oxazole rings is 1. The minimum atomic E-state index is 0.507.